The lowest BCUT2D eigenvalue weighted by molar-refractivity contribution is -0.130. The van der Waals surface area contributed by atoms with Gasteiger partial charge < -0.3 is 18.9 Å². The third kappa shape index (κ3) is 6.03. The molecule has 6 rings (SSSR count). The van der Waals surface area contributed by atoms with Crippen LogP contribution < -0.4 is 9.47 Å². The van der Waals surface area contributed by atoms with E-state index in [9.17, 15) is 9.18 Å². The average Bonchev–Trinajstić information content (AvgIpc) is 3.70. The van der Waals surface area contributed by atoms with Crippen LogP contribution in [0.2, 0.25) is 0 Å². The number of rotatable bonds is 10. The normalized spacial score (nSPS) is 13.8. The van der Waals surface area contributed by atoms with Gasteiger partial charge in [0, 0.05) is 49.1 Å². The number of likely N-dealkylation sites (tertiary alicyclic amines) is 1. The Morgan fingerprint density at radius 1 is 0.857 bits per heavy atom. The molecule has 1 saturated heterocycles. The summed E-state index contributed by atoms with van der Waals surface area (Å²) in [6.45, 7) is 2.66. The standard InChI is InChI=1S/C36H35FN2O3/c1-41-35-21-28(15-18-34(35)42-25-27-9-3-2-4-10-27)31(22-36(40)38-19-7-8-20-38)32-24-39(33-12-6-5-11-30(32)33)23-26-13-16-29(37)17-14-26/h2-6,9-18,21,24,31H,7-8,19-20,22-23,25H2,1H3/t31-/m0/s1. The lowest BCUT2D eigenvalue weighted by Gasteiger charge is -2.22. The number of fused-ring (bicyclic) bond motifs is 1. The highest BCUT2D eigenvalue weighted by Crippen LogP contribution is 2.39. The number of amides is 1. The van der Waals surface area contributed by atoms with Crippen molar-refractivity contribution in [2.45, 2.75) is 38.3 Å². The quantitative estimate of drug-likeness (QED) is 0.176. The van der Waals surface area contributed by atoms with E-state index in [1.165, 1.54) is 12.1 Å². The minimum atomic E-state index is -0.248. The van der Waals surface area contributed by atoms with Crippen LogP contribution in [-0.2, 0) is 17.9 Å². The first-order chi connectivity index (χ1) is 20.6. The van der Waals surface area contributed by atoms with Gasteiger partial charge in [-0.15, -0.1) is 0 Å². The monoisotopic (exact) mass is 562 g/mol. The zero-order valence-corrected chi connectivity index (χ0v) is 23.8. The second-order valence-electron chi connectivity index (χ2n) is 10.9. The molecule has 0 saturated carbocycles. The number of methoxy groups -OCH3 is 1. The number of benzene rings is 4. The molecule has 4 aromatic carbocycles. The van der Waals surface area contributed by atoms with E-state index < -0.39 is 0 Å². The Labute approximate surface area is 246 Å². The van der Waals surface area contributed by atoms with Crippen LogP contribution in [0.4, 0.5) is 4.39 Å². The van der Waals surface area contributed by atoms with E-state index in [2.05, 4.69) is 29.0 Å². The number of nitrogens with zero attached hydrogens (tertiary/aromatic N) is 2. The van der Waals surface area contributed by atoms with Crippen molar-refractivity contribution in [2.75, 3.05) is 20.2 Å². The number of ether oxygens (including phenoxy) is 2. The summed E-state index contributed by atoms with van der Waals surface area (Å²) in [6.07, 6.45) is 4.61. The molecule has 5 nitrogen and oxygen atoms in total. The highest BCUT2D eigenvalue weighted by Gasteiger charge is 2.27. The maximum absolute atomic E-state index is 13.6. The number of carbonyl (C=O) groups is 1. The lowest BCUT2D eigenvalue weighted by atomic mass is 9.87. The van der Waals surface area contributed by atoms with Crippen molar-refractivity contribution < 1.29 is 18.7 Å². The molecule has 42 heavy (non-hydrogen) atoms. The van der Waals surface area contributed by atoms with Gasteiger partial charge in [0.2, 0.25) is 5.91 Å². The fraction of sp³-hybridized carbons (Fsp3) is 0.250. The van der Waals surface area contributed by atoms with E-state index in [-0.39, 0.29) is 17.6 Å². The van der Waals surface area contributed by atoms with Crippen molar-refractivity contribution in [3.8, 4) is 11.5 Å². The highest BCUT2D eigenvalue weighted by molar-refractivity contribution is 5.87. The average molecular weight is 563 g/mol. The number of hydrogen-bond acceptors (Lipinski definition) is 3. The van der Waals surface area contributed by atoms with Crippen molar-refractivity contribution in [1.29, 1.82) is 0 Å². The van der Waals surface area contributed by atoms with Gasteiger partial charge in [-0.05, 0) is 65.4 Å². The maximum atomic E-state index is 13.6. The molecule has 0 N–H and O–H groups in total. The smallest absolute Gasteiger partial charge is 0.223 e. The third-order valence-corrected chi connectivity index (χ3v) is 8.13. The van der Waals surface area contributed by atoms with Gasteiger partial charge in [0.25, 0.3) is 0 Å². The number of aromatic nitrogens is 1. The summed E-state index contributed by atoms with van der Waals surface area (Å²) < 4.78 is 27.7. The van der Waals surface area contributed by atoms with Crippen LogP contribution >= 0.6 is 0 Å². The molecule has 0 spiro atoms. The van der Waals surface area contributed by atoms with Gasteiger partial charge in [-0.3, -0.25) is 4.79 Å². The highest BCUT2D eigenvalue weighted by atomic mass is 19.1. The number of halogens is 1. The van der Waals surface area contributed by atoms with Gasteiger partial charge in [-0.1, -0.05) is 66.7 Å². The predicted molar refractivity (Wildman–Crippen MR) is 163 cm³/mol. The largest absolute Gasteiger partial charge is 0.493 e. The van der Waals surface area contributed by atoms with Crippen LogP contribution in [0, 0.1) is 5.82 Å². The van der Waals surface area contributed by atoms with Crippen LogP contribution in [0.15, 0.2) is 103 Å². The Morgan fingerprint density at radius 2 is 1.60 bits per heavy atom. The molecule has 1 aromatic heterocycles. The third-order valence-electron chi connectivity index (χ3n) is 8.13. The van der Waals surface area contributed by atoms with E-state index in [0.717, 1.165) is 59.1 Å². The molecule has 1 atom stereocenters. The molecule has 0 bridgehead atoms. The van der Waals surface area contributed by atoms with Gasteiger partial charge in [-0.25, -0.2) is 4.39 Å². The fourth-order valence-electron chi connectivity index (χ4n) is 5.90. The van der Waals surface area contributed by atoms with Crippen LogP contribution in [0.25, 0.3) is 10.9 Å². The molecule has 6 heteroatoms. The second-order valence-corrected chi connectivity index (χ2v) is 10.9. The molecule has 1 fully saturated rings. The Morgan fingerprint density at radius 3 is 2.36 bits per heavy atom. The molecule has 0 aliphatic carbocycles. The SMILES string of the molecule is COc1cc([C@H](CC(=O)N2CCCC2)c2cn(Cc3ccc(F)cc3)c3ccccc23)ccc1OCc1ccccc1. The van der Waals surface area contributed by atoms with Gasteiger partial charge in [-0.2, -0.15) is 0 Å². The van der Waals surface area contributed by atoms with Crippen LogP contribution in [0.3, 0.4) is 0 Å². The summed E-state index contributed by atoms with van der Waals surface area (Å²) in [4.78, 5) is 15.6. The Hall–Kier alpha value is -4.58. The molecule has 0 unspecified atom stereocenters. The summed E-state index contributed by atoms with van der Waals surface area (Å²) in [7, 11) is 1.65. The molecule has 214 valence electrons. The van der Waals surface area contributed by atoms with Gasteiger partial charge in [0.05, 0.1) is 7.11 Å². The Kier molecular flexibility index (Phi) is 8.22. The number of hydrogen-bond donors (Lipinski definition) is 0. The van der Waals surface area contributed by atoms with E-state index >= 15 is 0 Å². The molecule has 5 aromatic rings. The Bertz CT molecular complexity index is 1660. The summed E-state index contributed by atoms with van der Waals surface area (Å²) in [5.41, 5.74) is 5.24. The lowest BCUT2D eigenvalue weighted by Crippen LogP contribution is -2.29. The van der Waals surface area contributed by atoms with E-state index in [0.29, 0.717) is 31.1 Å². The second kappa shape index (κ2) is 12.5. The van der Waals surface area contributed by atoms with E-state index in [1.807, 2.05) is 71.6 Å². The van der Waals surface area contributed by atoms with Crippen LogP contribution in [-0.4, -0.2) is 35.6 Å². The van der Waals surface area contributed by atoms with Gasteiger partial charge in [0.15, 0.2) is 11.5 Å². The first-order valence-electron chi connectivity index (χ1n) is 14.5. The number of carbonyl (C=O) groups excluding carboxylic acids is 1. The van der Waals surface area contributed by atoms with Crippen molar-refractivity contribution in [3.05, 3.63) is 131 Å². The zero-order valence-electron chi connectivity index (χ0n) is 23.8. The van der Waals surface area contributed by atoms with Crippen molar-refractivity contribution >= 4 is 16.8 Å². The topological polar surface area (TPSA) is 43.7 Å². The molecule has 1 amide bonds. The summed E-state index contributed by atoms with van der Waals surface area (Å²) in [5.74, 6) is 1.03. The molecule has 2 heterocycles. The Balaban J connectivity index is 1.37. The zero-order chi connectivity index (χ0) is 28.9. The maximum Gasteiger partial charge on any atom is 0.223 e. The van der Waals surface area contributed by atoms with Gasteiger partial charge in [0.1, 0.15) is 12.4 Å². The fourth-order valence-corrected chi connectivity index (χ4v) is 5.90. The molecule has 1 aliphatic rings. The van der Waals surface area contributed by atoms with Crippen LogP contribution in [0.5, 0.6) is 11.5 Å². The minimum Gasteiger partial charge on any atom is -0.493 e. The summed E-state index contributed by atoms with van der Waals surface area (Å²) >= 11 is 0. The minimum absolute atomic E-state index is 0.163. The van der Waals surface area contributed by atoms with Crippen molar-refractivity contribution in [2.24, 2.45) is 0 Å². The van der Waals surface area contributed by atoms with Crippen molar-refractivity contribution in [1.82, 2.24) is 9.47 Å². The first-order valence-corrected chi connectivity index (χ1v) is 14.5. The van der Waals surface area contributed by atoms with Gasteiger partial charge >= 0.3 is 0 Å². The first kappa shape index (κ1) is 27.6. The summed E-state index contributed by atoms with van der Waals surface area (Å²) in [5, 5.41) is 1.10. The van der Waals surface area contributed by atoms with Crippen molar-refractivity contribution in [3.63, 3.8) is 0 Å². The molecule has 0 radical (unpaired) electrons. The number of para-hydroxylation sites is 1. The molecular formula is C36H35FN2O3. The predicted octanol–water partition coefficient (Wildman–Crippen LogP) is 7.56. The van der Waals surface area contributed by atoms with E-state index in [4.69, 9.17) is 9.47 Å². The molecular weight excluding hydrogens is 527 g/mol. The molecule has 1 aliphatic heterocycles. The summed E-state index contributed by atoms with van der Waals surface area (Å²) in [6, 6.07) is 30.9. The van der Waals surface area contributed by atoms with Crippen LogP contribution in [0.1, 0.15) is 47.4 Å². The van der Waals surface area contributed by atoms with E-state index in [1.54, 1.807) is 7.11 Å².